The maximum Gasteiger partial charge on any atom is 0.165 e. The molecule has 3 nitrogen and oxygen atoms in total. The van der Waals surface area contributed by atoms with E-state index in [0.29, 0.717) is 17.5 Å². The first kappa shape index (κ1) is 33.1. The second-order valence-corrected chi connectivity index (χ2v) is 15.3. The molecule has 4 heteroatoms. The third-order valence-electron chi connectivity index (χ3n) is 11.0. The first-order valence-electron chi connectivity index (χ1n) is 19.2. The van der Waals surface area contributed by atoms with Crippen LogP contribution in [-0.2, 0) is 0 Å². The predicted octanol–water partition coefficient (Wildman–Crippen LogP) is 14.5. The molecule has 0 atom stereocenters. The van der Waals surface area contributed by atoms with Crippen molar-refractivity contribution in [3.05, 3.63) is 200 Å². The van der Waals surface area contributed by atoms with Crippen molar-refractivity contribution >= 4 is 53.1 Å². The summed E-state index contributed by atoms with van der Waals surface area (Å²) in [5, 5.41) is 7.07. The van der Waals surface area contributed by atoms with Crippen molar-refractivity contribution in [1.82, 2.24) is 15.0 Å². The van der Waals surface area contributed by atoms with E-state index in [1.54, 1.807) is 11.3 Å². The van der Waals surface area contributed by atoms with Gasteiger partial charge in [0.1, 0.15) is 0 Å². The lowest BCUT2D eigenvalue weighted by Gasteiger charge is -2.20. The molecule has 266 valence electrons. The van der Waals surface area contributed by atoms with E-state index in [1.165, 1.54) is 47.6 Å². The zero-order valence-corrected chi connectivity index (χ0v) is 31.6. The molecule has 11 rings (SSSR count). The van der Waals surface area contributed by atoms with Gasteiger partial charge >= 0.3 is 0 Å². The topological polar surface area (TPSA) is 38.7 Å². The zero-order chi connectivity index (χ0) is 37.7. The van der Waals surface area contributed by atoms with E-state index >= 15 is 0 Å². The van der Waals surface area contributed by atoms with Gasteiger partial charge in [0.2, 0.25) is 0 Å². The van der Waals surface area contributed by atoms with Gasteiger partial charge in [-0.2, -0.15) is 0 Å². The Labute approximate surface area is 334 Å². The van der Waals surface area contributed by atoms with Crippen molar-refractivity contribution in [3.8, 4) is 67.5 Å². The maximum atomic E-state index is 5.46. The van der Waals surface area contributed by atoms with Crippen LogP contribution in [0.2, 0.25) is 0 Å². The normalized spacial score (nSPS) is 11.5. The molecule has 0 saturated heterocycles. The van der Waals surface area contributed by atoms with Gasteiger partial charge in [-0.1, -0.05) is 188 Å². The Balaban J connectivity index is 1.22. The standard InChI is InChI=1S/C53H33N3S/c1-3-16-34(17-4-1)40-32-30-35-18-7-9-22-38(35)48(40)43-26-12-11-24-41(43)44-33-31-36-19-8-10-23-39(36)49(44)53-55-51(37-20-5-2-6-21-37)54-52(56-53)46-28-15-27-45-42-25-13-14-29-47(42)57-50(45)46/h1-33H. The number of fused-ring (bicyclic) bond motifs is 5. The van der Waals surface area contributed by atoms with Crippen LogP contribution < -0.4 is 0 Å². The minimum atomic E-state index is 0.639. The van der Waals surface area contributed by atoms with Crippen LogP contribution in [0.5, 0.6) is 0 Å². The molecule has 0 N–H and O–H groups in total. The van der Waals surface area contributed by atoms with Crippen LogP contribution >= 0.6 is 11.3 Å². The summed E-state index contributed by atoms with van der Waals surface area (Å²) < 4.78 is 2.41. The fourth-order valence-electron chi connectivity index (χ4n) is 8.34. The molecule has 9 aromatic carbocycles. The van der Waals surface area contributed by atoms with E-state index in [-0.39, 0.29) is 0 Å². The highest BCUT2D eigenvalue weighted by Crippen LogP contribution is 2.46. The summed E-state index contributed by atoms with van der Waals surface area (Å²) in [5.74, 6) is 1.93. The number of nitrogens with zero attached hydrogens (tertiary/aromatic N) is 3. The van der Waals surface area contributed by atoms with Crippen LogP contribution in [0, 0.1) is 0 Å². The smallest absolute Gasteiger partial charge is 0.165 e. The molecular formula is C53H33N3S. The molecule has 0 saturated carbocycles. The molecule has 2 heterocycles. The number of thiophene rings is 1. The first-order chi connectivity index (χ1) is 28.3. The lowest BCUT2D eigenvalue weighted by molar-refractivity contribution is 1.08. The van der Waals surface area contributed by atoms with Gasteiger partial charge in [0.25, 0.3) is 0 Å². The molecule has 0 spiro atoms. The van der Waals surface area contributed by atoms with Crippen LogP contribution in [0.3, 0.4) is 0 Å². The van der Waals surface area contributed by atoms with Crippen molar-refractivity contribution < 1.29 is 0 Å². The molecule has 0 unspecified atom stereocenters. The molecule has 0 aliphatic carbocycles. The second kappa shape index (κ2) is 13.8. The number of rotatable bonds is 6. The van der Waals surface area contributed by atoms with E-state index in [0.717, 1.165) is 44.2 Å². The minimum Gasteiger partial charge on any atom is -0.208 e. The van der Waals surface area contributed by atoms with E-state index in [4.69, 9.17) is 15.0 Å². The van der Waals surface area contributed by atoms with Gasteiger partial charge in [-0.05, 0) is 67.1 Å². The van der Waals surface area contributed by atoms with Crippen LogP contribution in [0.1, 0.15) is 0 Å². The Bertz CT molecular complexity index is 3300. The van der Waals surface area contributed by atoms with Gasteiger partial charge in [0, 0.05) is 36.9 Å². The Morgan fingerprint density at radius 1 is 0.281 bits per heavy atom. The molecule has 0 fully saturated rings. The van der Waals surface area contributed by atoms with Gasteiger partial charge in [-0.25, -0.2) is 15.0 Å². The monoisotopic (exact) mass is 743 g/mol. The maximum absolute atomic E-state index is 5.46. The lowest BCUT2D eigenvalue weighted by Crippen LogP contribution is -2.02. The lowest BCUT2D eigenvalue weighted by atomic mass is 9.84. The largest absolute Gasteiger partial charge is 0.208 e. The quantitative estimate of drug-likeness (QED) is 0.170. The average Bonchev–Trinajstić information content (AvgIpc) is 3.68. The third kappa shape index (κ3) is 5.69. The Morgan fingerprint density at radius 2 is 0.807 bits per heavy atom. The highest BCUT2D eigenvalue weighted by Gasteiger charge is 2.23. The number of aromatic nitrogens is 3. The van der Waals surface area contributed by atoms with E-state index in [9.17, 15) is 0 Å². The molecule has 57 heavy (non-hydrogen) atoms. The molecule has 0 aliphatic heterocycles. The van der Waals surface area contributed by atoms with Crippen LogP contribution in [0.4, 0.5) is 0 Å². The van der Waals surface area contributed by atoms with Crippen LogP contribution in [-0.4, -0.2) is 15.0 Å². The molecule has 0 radical (unpaired) electrons. The fraction of sp³-hybridized carbons (Fsp3) is 0. The number of hydrogen-bond donors (Lipinski definition) is 0. The van der Waals surface area contributed by atoms with Gasteiger partial charge in [-0.15, -0.1) is 11.3 Å². The summed E-state index contributed by atoms with van der Waals surface area (Å²) in [4.78, 5) is 16.0. The van der Waals surface area contributed by atoms with Gasteiger partial charge in [0.05, 0.1) is 0 Å². The highest BCUT2D eigenvalue weighted by molar-refractivity contribution is 7.26. The van der Waals surface area contributed by atoms with Crippen molar-refractivity contribution in [3.63, 3.8) is 0 Å². The summed E-state index contributed by atoms with van der Waals surface area (Å²) in [5.41, 5.74) is 9.81. The second-order valence-electron chi connectivity index (χ2n) is 14.3. The number of benzene rings is 9. The molecule has 0 bridgehead atoms. The summed E-state index contributed by atoms with van der Waals surface area (Å²) >= 11 is 1.79. The van der Waals surface area contributed by atoms with Crippen molar-refractivity contribution in [2.24, 2.45) is 0 Å². The molecular weight excluding hydrogens is 711 g/mol. The summed E-state index contributed by atoms with van der Waals surface area (Å²) in [7, 11) is 0. The van der Waals surface area contributed by atoms with E-state index in [2.05, 4.69) is 182 Å². The van der Waals surface area contributed by atoms with Gasteiger partial charge < -0.3 is 0 Å². The zero-order valence-electron chi connectivity index (χ0n) is 30.8. The van der Waals surface area contributed by atoms with E-state index in [1.807, 2.05) is 18.2 Å². The third-order valence-corrected chi connectivity index (χ3v) is 12.2. The van der Waals surface area contributed by atoms with Crippen molar-refractivity contribution in [2.45, 2.75) is 0 Å². The predicted molar refractivity (Wildman–Crippen MR) is 240 cm³/mol. The Hall–Kier alpha value is -7.27. The summed E-state index contributed by atoms with van der Waals surface area (Å²) in [6.07, 6.45) is 0. The average molecular weight is 744 g/mol. The number of hydrogen-bond acceptors (Lipinski definition) is 4. The molecule has 0 amide bonds. The first-order valence-corrected chi connectivity index (χ1v) is 20.0. The Kier molecular flexibility index (Phi) is 8.01. The molecule has 11 aromatic rings. The van der Waals surface area contributed by atoms with E-state index < -0.39 is 0 Å². The van der Waals surface area contributed by atoms with Crippen LogP contribution in [0.15, 0.2) is 200 Å². The fourth-order valence-corrected chi connectivity index (χ4v) is 9.55. The molecule has 0 aliphatic rings. The van der Waals surface area contributed by atoms with Crippen molar-refractivity contribution in [2.75, 3.05) is 0 Å². The Morgan fingerprint density at radius 3 is 1.56 bits per heavy atom. The van der Waals surface area contributed by atoms with Gasteiger partial charge in [0.15, 0.2) is 17.5 Å². The summed E-state index contributed by atoms with van der Waals surface area (Å²) in [6.45, 7) is 0. The van der Waals surface area contributed by atoms with Crippen LogP contribution in [0.25, 0.3) is 109 Å². The minimum absolute atomic E-state index is 0.639. The summed E-state index contributed by atoms with van der Waals surface area (Å²) in [6, 6.07) is 71.1. The SMILES string of the molecule is c1ccc(-c2nc(-c3c(-c4ccccc4-c4c(-c5ccccc5)ccc5ccccc45)ccc4ccccc34)nc(-c3cccc4c3sc3ccccc34)n2)cc1. The van der Waals surface area contributed by atoms with Crippen molar-refractivity contribution in [1.29, 1.82) is 0 Å². The van der Waals surface area contributed by atoms with Gasteiger partial charge in [-0.3, -0.25) is 0 Å². The highest BCUT2D eigenvalue weighted by atomic mass is 32.1. The molecule has 2 aromatic heterocycles.